The zero-order valence-electron chi connectivity index (χ0n) is 11.7. The molecule has 1 aromatic carbocycles. The molecule has 112 valence electrons. The summed E-state index contributed by atoms with van der Waals surface area (Å²) in [6.07, 6.45) is 2.87. The highest BCUT2D eigenvalue weighted by molar-refractivity contribution is 9.10. The molecule has 1 heterocycles. The number of amides is 2. The van der Waals surface area contributed by atoms with Crippen LogP contribution in [0.15, 0.2) is 40.5 Å². The van der Waals surface area contributed by atoms with E-state index in [1.54, 1.807) is 18.2 Å². The average molecular weight is 354 g/mol. The molecule has 1 atom stereocenters. The van der Waals surface area contributed by atoms with E-state index in [4.69, 9.17) is 0 Å². The molecule has 0 saturated heterocycles. The highest BCUT2D eigenvalue weighted by atomic mass is 79.9. The number of anilines is 1. The molecule has 1 aliphatic heterocycles. The number of hydrogen-bond acceptors (Lipinski definition) is 3. The number of nitrogens with one attached hydrogen (secondary N) is 4. The minimum Gasteiger partial charge on any atom is -0.334 e. The molecule has 0 aliphatic carbocycles. The molecule has 0 fully saturated rings. The van der Waals surface area contributed by atoms with Crippen LogP contribution in [0.5, 0.6) is 0 Å². The molecule has 6 nitrogen and oxygen atoms in total. The van der Waals surface area contributed by atoms with Crippen LogP contribution in [0.25, 0.3) is 0 Å². The van der Waals surface area contributed by atoms with Gasteiger partial charge in [0.2, 0.25) is 0 Å². The van der Waals surface area contributed by atoms with Gasteiger partial charge in [-0.3, -0.25) is 15.0 Å². The van der Waals surface area contributed by atoms with Crippen molar-refractivity contribution in [1.82, 2.24) is 10.9 Å². The first kappa shape index (κ1) is 15.5. The van der Waals surface area contributed by atoms with Crippen LogP contribution in [0.3, 0.4) is 0 Å². The quantitative estimate of drug-likeness (QED) is 0.449. The van der Waals surface area contributed by atoms with Gasteiger partial charge < -0.3 is 15.6 Å². The van der Waals surface area contributed by atoms with Crippen molar-refractivity contribution in [3.63, 3.8) is 0 Å². The number of quaternary nitrogens is 1. The van der Waals surface area contributed by atoms with Gasteiger partial charge in [0.15, 0.2) is 0 Å². The van der Waals surface area contributed by atoms with Crippen molar-refractivity contribution < 1.29 is 14.5 Å². The van der Waals surface area contributed by atoms with E-state index in [0.717, 1.165) is 29.7 Å². The van der Waals surface area contributed by atoms with Gasteiger partial charge in [-0.2, -0.15) is 0 Å². The Balaban J connectivity index is 1.81. The smallest absolute Gasteiger partial charge is 0.327 e. The van der Waals surface area contributed by atoms with Crippen molar-refractivity contribution in [1.29, 1.82) is 0 Å². The van der Waals surface area contributed by atoms with Gasteiger partial charge in [0.1, 0.15) is 0 Å². The molecule has 0 spiro atoms. The summed E-state index contributed by atoms with van der Waals surface area (Å²) in [5.41, 5.74) is 6.71. The van der Waals surface area contributed by atoms with Gasteiger partial charge in [-0.25, -0.2) is 0 Å². The Morgan fingerprint density at radius 1 is 1.29 bits per heavy atom. The maximum atomic E-state index is 11.7. The summed E-state index contributed by atoms with van der Waals surface area (Å²) in [7, 11) is 2.11. The molecule has 2 rings (SSSR count). The maximum Gasteiger partial charge on any atom is 0.327 e. The summed E-state index contributed by atoms with van der Waals surface area (Å²) in [5, 5.41) is 2.53. The lowest BCUT2D eigenvalue weighted by molar-refractivity contribution is -0.875. The lowest BCUT2D eigenvalue weighted by Gasteiger charge is -2.20. The van der Waals surface area contributed by atoms with Crippen molar-refractivity contribution >= 4 is 33.4 Å². The number of hydrazine groups is 1. The van der Waals surface area contributed by atoms with E-state index in [-0.39, 0.29) is 0 Å². The maximum absolute atomic E-state index is 11.7. The predicted molar refractivity (Wildman–Crippen MR) is 83.4 cm³/mol. The lowest BCUT2D eigenvalue weighted by Crippen LogP contribution is -3.09. The molecule has 0 saturated carbocycles. The Bertz CT molecular complexity index is 574. The van der Waals surface area contributed by atoms with Crippen LogP contribution in [0.2, 0.25) is 0 Å². The van der Waals surface area contributed by atoms with E-state index in [1.807, 2.05) is 12.1 Å². The second kappa shape index (κ2) is 7.24. The molecular weight excluding hydrogens is 336 g/mol. The molecule has 0 radical (unpaired) electrons. The molecule has 2 amide bonds. The van der Waals surface area contributed by atoms with Gasteiger partial charge in [0, 0.05) is 22.3 Å². The zero-order valence-corrected chi connectivity index (χ0v) is 13.3. The summed E-state index contributed by atoms with van der Waals surface area (Å²) in [5.74, 6) is -1.43. The summed E-state index contributed by atoms with van der Waals surface area (Å²) >= 11 is 3.30. The third-order valence-electron chi connectivity index (χ3n) is 3.14. The van der Waals surface area contributed by atoms with Crippen LogP contribution in [-0.4, -0.2) is 32.0 Å². The Morgan fingerprint density at radius 2 is 2.10 bits per heavy atom. The summed E-state index contributed by atoms with van der Waals surface area (Å²) in [6.45, 7) is 1.90. The number of rotatable bonds is 3. The largest absolute Gasteiger partial charge is 0.334 e. The predicted octanol–water partition coefficient (Wildman–Crippen LogP) is -0.189. The second-order valence-corrected chi connectivity index (χ2v) is 5.85. The fourth-order valence-electron chi connectivity index (χ4n) is 1.91. The van der Waals surface area contributed by atoms with E-state index in [9.17, 15) is 9.59 Å². The van der Waals surface area contributed by atoms with Crippen molar-refractivity contribution in [3.8, 4) is 0 Å². The molecule has 1 unspecified atom stereocenters. The first-order valence-electron chi connectivity index (χ1n) is 6.68. The Labute approximate surface area is 131 Å². The number of carbonyl (C=O) groups excluding carboxylic acids is 2. The number of halogens is 1. The van der Waals surface area contributed by atoms with E-state index in [1.165, 1.54) is 4.90 Å². The number of hydrogen-bond donors (Lipinski definition) is 4. The Morgan fingerprint density at radius 3 is 2.76 bits per heavy atom. The van der Waals surface area contributed by atoms with Crippen LogP contribution in [-0.2, 0) is 9.59 Å². The van der Waals surface area contributed by atoms with E-state index in [2.05, 4.69) is 39.1 Å². The summed E-state index contributed by atoms with van der Waals surface area (Å²) < 4.78 is 0.831. The second-order valence-electron chi connectivity index (χ2n) is 4.93. The summed E-state index contributed by atoms with van der Waals surface area (Å²) in [4.78, 5) is 24.9. The zero-order chi connectivity index (χ0) is 15.2. The van der Waals surface area contributed by atoms with Gasteiger partial charge in [-0.1, -0.05) is 22.0 Å². The highest BCUT2D eigenvalue weighted by Crippen LogP contribution is 2.15. The number of carbonyl (C=O) groups is 2. The third kappa shape index (κ3) is 4.87. The number of likely N-dealkylation sites (N-methyl/N-ethyl adjacent to an activating group) is 1. The van der Waals surface area contributed by atoms with E-state index >= 15 is 0 Å². The number of benzene rings is 1. The van der Waals surface area contributed by atoms with Crippen LogP contribution >= 0.6 is 15.9 Å². The van der Waals surface area contributed by atoms with Gasteiger partial charge in [0.25, 0.3) is 0 Å². The first-order valence-corrected chi connectivity index (χ1v) is 7.47. The minimum absolute atomic E-state index is 0.562. The standard InChI is InChI=1S/C14H17BrN4O2/c1-19-7-5-11(6-8-19)17-18-14(21)13(20)16-12-4-2-3-10(15)9-12/h2-5,9,17H,6-8H2,1H3,(H,16,20)(H,18,21)/p+1. The van der Waals surface area contributed by atoms with Crippen molar-refractivity contribution in [2.75, 3.05) is 25.5 Å². The van der Waals surface area contributed by atoms with Gasteiger partial charge in [-0.05, 0) is 24.3 Å². The highest BCUT2D eigenvalue weighted by Gasteiger charge is 2.15. The molecule has 1 aliphatic rings. The normalized spacial score (nSPS) is 17.6. The van der Waals surface area contributed by atoms with E-state index < -0.39 is 11.8 Å². The van der Waals surface area contributed by atoms with Crippen LogP contribution in [0.1, 0.15) is 6.42 Å². The van der Waals surface area contributed by atoms with Crippen molar-refractivity contribution in [2.24, 2.45) is 0 Å². The monoisotopic (exact) mass is 353 g/mol. The molecular formula is C14H18BrN4O2+. The molecule has 1 aromatic rings. The van der Waals surface area contributed by atoms with Crippen molar-refractivity contribution in [3.05, 3.63) is 40.5 Å². The summed E-state index contributed by atoms with van der Waals surface area (Å²) in [6, 6.07) is 7.06. The molecule has 4 N–H and O–H groups in total. The van der Waals surface area contributed by atoms with Crippen LogP contribution in [0, 0.1) is 0 Å². The molecule has 0 bridgehead atoms. The first-order chi connectivity index (χ1) is 10.0. The van der Waals surface area contributed by atoms with Crippen LogP contribution < -0.4 is 21.1 Å². The van der Waals surface area contributed by atoms with Crippen molar-refractivity contribution in [2.45, 2.75) is 6.42 Å². The van der Waals surface area contributed by atoms with Gasteiger partial charge >= 0.3 is 11.8 Å². The third-order valence-corrected chi connectivity index (χ3v) is 3.64. The van der Waals surface area contributed by atoms with E-state index in [0.29, 0.717) is 5.69 Å². The molecule has 0 aromatic heterocycles. The SMILES string of the molecule is C[NH+]1CC=C(NNC(=O)C(=O)Nc2cccc(Br)c2)CC1. The Hall–Kier alpha value is -1.86. The fraction of sp³-hybridized carbons (Fsp3) is 0.286. The topological polar surface area (TPSA) is 74.7 Å². The molecule has 7 heteroatoms. The Kier molecular flexibility index (Phi) is 5.35. The minimum atomic E-state index is -0.720. The van der Waals surface area contributed by atoms with Crippen LogP contribution in [0.4, 0.5) is 5.69 Å². The van der Waals surface area contributed by atoms with Gasteiger partial charge in [0.05, 0.1) is 20.1 Å². The lowest BCUT2D eigenvalue weighted by atomic mass is 10.2. The van der Waals surface area contributed by atoms with Gasteiger partial charge in [-0.15, -0.1) is 0 Å². The fourth-order valence-corrected chi connectivity index (χ4v) is 2.31. The average Bonchev–Trinajstić information content (AvgIpc) is 2.46. The molecule has 21 heavy (non-hydrogen) atoms.